The molecule has 1 unspecified atom stereocenters. The standard InChI is InChI=1S/C11H21N3O/c1-8(2)11-10(7-14(4)13-11)6-12-5-9(3)15/h7-9,12,15H,5-6H2,1-4H3. The lowest BCUT2D eigenvalue weighted by molar-refractivity contribution is 0.191. The van der Waals surface area contributed by atoms with Crippen molar-refractivity contribution in [3.05, 3.63) is 17.5 Å². The Morgan fingerprint density at radius 3 is 2.67 bits per heavy atom. The third-order valence-corrected chi connectivity index (χ3v) is 2.24. The molecule has 1 aromatic heterocycles. The second-order valence-corrected chi connectivity index (χ2v) is 4.35. The summed E-state index contributed by atoms with van der Waals surface area (Å²) >= 11 is 0. The summed E-state index contributed by atoms with van der Waals surface area (Å²) in [6.45, 7) is 7.44. The molecule has 0 aliphatic carbocycles. The summed E-state index contributed by atoms with van der Waals surface area (Å²) in [4.78, 5) is 0. The lowest BCUT2D eigenvalue weighted by atomic mass is 10.1. The van der Waals surface area contributed by atoms with Crippen molar-refractivity contribution in [1.29, 1.82) is 0 Å². The summed E-state index contributed by atoms with van der Waals surface area (Å²) < 4.78 is 1.84. The molecule has 86 valence electrons. The van der Waals surface area contributed by atoms with Gasteiger partial charge in [0.05, 0.1) is 11.8 Å². The van der Waals surface area contributed by atoms with Crippen LogP contribution in [-0.2, 0) is 13.6 Å². The number of rotatable bonds is 5. The van der Waals surface area contributed by atoms with Crippen LogP contribution in [0.2, 0.25) is 0 Å². The van der Waals surface area contributed by atoms with Crippen molar-refractivity contribution in [2.45, 2.75) is 39.3 Å². The Kier molecular flexibility index (Phi) is 4.29. The first-order valence-electron chi connectivity index (χ1n) is 5.42. The van der Waals surface area contributed by atoms with E-state index in [0.717, 1.165) is 12.2 Å². The Morgan fingerprint density at radius 1 is 1.47 bits per heavy atom. The van der Waals surface area contributed by atoms with Crippen LogP contribution in [0, 0.1) is 0 Å². The smallest absolute Gasteiger partial charge is 0.0694 e. The van der Waals surface area contributed by atoms with Crippen molar-refractivity contribution >= 4 is 0 Å². The molecule has 0 fully saturated rings. The van der Waals surface area contributed by atoms with Gasteiger partial charge in [-0.2, -0.15) is 5.10 Å². The molecular weight excluding hydrogens is 190 g/mol. The SMILES string of the molecule is CC(O)CNCc1cn(C)nc1C(C)C. The summed E-state index contributed by atoms with van der Waals surface area (Å²) in [6, 6.07) is 0. The highest BCUT2D eigenvalue weighted by molar-refractivity contribution is 5.19. The number of aliphatic hydroxyl groups is 1. The summed E-state index contributed by atoms with van der Waals surface area (Å²) in [7, 11) is 1.93. The van der Waals surface area contributed by atoms with Gasteiger partial charge in [0.25, 0.3) is 0 Å². The van der Waals surface area contributed by atoms with Gasteiger partial charge in [-0.1, -0.05) is 13.8 Å². The molecule has 0 saturated heterocycles. The molecule has 0 aromatic carbocycles. The van der Waals surface area contributed by atoms with Gasteiger partial charge in [0.2, 0.25) is 0 Å². The van der Waals surface area contributed by atoms with Gasteiger partial charge in [-0.15, -0.1) is 0 Å². The Balaban J connectivity index is 2.59. The van der Waals surface area contributed by atoms with E-state index in [1.807, 2.05) is 17.9 Å². The van der Waals surface area contributed by atoms with Gasteiger partial charge >= 0.3 is 0 Å². The van der Waals surface area contributed by atoms with E-state index in [0.29, 0.717) is 12.5 Å². The van der Waals surface area contributed by atoms with Crippen molar-refractivity contribution < 1.29 is 5.11 Å². The third kappa shape index (κ3) is 3.64. The zero-order valence-corrected chi connectivity index (χ0v) is 9.99. The van der Waals surface area contributed by atoms with E-state index in [1.165, 1.54) is 5.56 Å². The molecule has 1 heterocycles. The molecule has 0 radical (unpaired) electrons. The van der Waals surface area contributed by atoms with Crippen molar-refractivity contribution in [1.82, 2.24) is 15.1 Å². The summed E-state index contributed by atoms with van der Waals surface area (Å²) in [5, 5.41) is 16.8. The van der Waals surface area contributed by atoms with Crippen LogP contribution in [0.3, 0.4) is 0 Å². The van der Waals surface area contributed by atoms with E-state index < -0.39 is 0 Å². The van der Waals surface area contributed by atoms with Gasteiger partial charge in [-0.25, -0.2) is 0 Å². The van der Waals surface area contributed by atoms with Crippen molar-refractivity contribution in [2.75, 3.05) is 6.54 Å². The summed E-state index contributed by atoms with van der Waals surface area (Å²) in [5.41, 5.74) is 2.35. The van der Waals surface area contributed by atoms with Crippen LogP contribution in [0.1, 0.15) is 37.9 Å². The molecule has 1 atom stereocenters. The quantitative estimate of drug-likeness (QED) is 0.764. The van der Waals surface area contributed by atoms with E-state index in [9.17, 15) is 0 Å². The highest BCUT2D eigenvalue weighted by Crippen LogP contribution is 2.16. The Morgan fingerprint density at radius 2 is 2.13 bits per heavy atom. The maximum atomic E-state index is 9.13. The van der Waals surface area contributed by atoms with Crippen LogP contribution in [-0.4, -0.2) is 27.5 Å². The average Bonchev–Trinajstić information content (AvgIpc) is 2.46. The first-order chi connectivity index (χ1) is 7.00. The number of nitrogens with zero attached hydrogens (tertiary/aromatic N) is 2. The molecule has 1 aromatic rings. The molecule has 2 N–H and O–H groups in total. The Labute approximate surface area is 91.3 Å². The van der Waals surface area contributed by atoms with Crippen molar-refractivity contribution in [3.63, 3.8) is 0 Å². The molecule has 0 bridgehead atoms. The highest BCUT2D eigenvalue weighted by Gasteiger charge is 2.10. The van der Waals surface area contributed by atoms with E-state index in [2.05, 4.69) is 24.3 Å². The molecule has 0 saturated carbocycles. The lowest BCUT2D eigenvalue weighted by Crippen LogP contribution is -2.24. The normalized spacial score (nSPS) is 13.5. The van der Waals surface area contributed by atoms with Gasteiger partial charge in [0.1, 0.15) is 0 Å². The third-order valence-electron chi connectivity index (χ3n) is 2.24. The van der Waals surface area contributed by atoms with Crippen LogP contribution in [0.4, 0.5) is 0 Å². The number of hydrogen-bond acceptors (Lipinski definition) is 3. The monoisotopic (exact) mass is 211 g/mol. The molecule has 0 aliphatic rings. The zero-order chi connectivity index (χ0) is 11.4. The predicted octanol–water partition coefficient (Wildman–Crippen LogP) is 1.01. The second kappa shape index (κ2) is 5.28. The van der Waals surface area contributed by atoms with E-state index >= 15 is 0 Å². The zero-order valence-electron chi connectivity index (χ0n) is 9.99. The maximum Gasteiger partial charge on any atom is 0.0694 e. The van der Waals surface area contributed by atoms with Crippen molar-refractivity contribution in [3.8, 4) is 0 Å². The fraction of sp³-hybridized carbons (Fsp3) is 0.727. The minimum atomic E-state index is -0.302. The van der Waals surface area contributed by atoms with Crippen LogP contribution in [0.15, 0.2) is 6.20 Å². The average molecular weight is 211 g/mol. The molecule has 0 amide bonds. The van der Waals surface area contributed by atoms with Crippen LogP contribution in [0.25, 0.3) is 0 Å². The Hall–Kier alpha value is -0.870. The van der Waals surface area contributed by atoms with E-state index in [4.69, 9.17) is 5.11 Å². The largest absolute Gasteiger partial charge is 0.392 e. The highest BCUT2D eigenvalue weighted by atomic mass is 16.3. The van der Waals surface area contributed by atoms with Crippen LogP contribution < -0.4 is 5.32 Å². The number of hydrogen-bond donors (Lipinski definition) is 2. The van der Waals surface area contributed by atoms with Crippen molar-refractivity contribution in [2.24, 2.45) is 7.05 Å². The van der Waals surface area contributed by atoms with Gasteiger partial charge < -0.3 is 10.4 Å². The molecule has 15 heavy (non-hydrogen) atoms. The van der Waals surface area contributed by atoms with Gasteiger partial charge in [-0.05, 0) is 12.8 Å². The predicted molar refractivity (Wildman–Crippen MR) is 60.7 cm³/mol. The minimum absolute atomic E-state index is 0.302. The fourth-order valence-corrected chi connectivity index (χ4v) is 1.59. The number of aliphatic hydroxyl groups excluding tert-OH is 1. The Bertz CT molecular complexity index is 305. The van der Waals surface area contributed by atoms with Gasteiger partial charge in [-0.3, -0.25) is 4.68 Å². The fourth-order valence-electron chi connectivity index (χ4n) is 1.59. The maximum absolute atomic E-state index is 9.13. The summed E-state index contributed by atoms with van der Waals surface area (Å²) in [6.07, 6.45) is 1.73. The second-order valence-electron chi connectivity index (χ2n) is 4.35. The number of aromatic nitrogens is 2. The molecule has 4 nitrogen and oxygen atoms in total. The number of aryl methyl sites for hydroxylation is 1. The van der Waals surface area contributed by atoms with Crippen LogP contribution in [0.5, 0.6) is 0 Å². The van der Waals surface area contributed by atoms with E-state index in [1.54, 1.807) is 6.92 Å². The summed E-state index contributed by atoms with van der Waals surface area (Å²) in [5.74, 6) is 0.439. The molecule has 1 rings (SSSR count). The van der Waals surface area contributed by atoms with E-state index in [-0.39, 0.29) is 6.10 Å². The molecule has 4 heteroatoms. The first-order valence-corrected chi connectivity index (χ1v) is 5.42. The minimum Gasteiger partial charge on any atom is -0.392 e. The van der Waals surface area contributed by atoms with Crippen LogP contribution >= 0.6 is 0 Å². The number of nitrogens with one attached hydrogen (secondary N) is 1. The topological polar surface area (TPSA) is 50.1 Å². The van der Waals surface area contributed by atoms with Gasteiger partial charge in [0.15, 0.2) is 0 Å². The lowest BCUT2D eigenvalue weighted by Gasteiger charge is -2.08. The molecule has 0 spiro atoms. The molecular formula is C11H21N3O. The van der Waals surface area contributed by atoms with Gasteiger partial charge in [0, 0.05) is 31.9 Å². The molecule has 0 aliphatic heterocycles. The first kappa shape index (κ1) is 12.2.